The van der Waals surface area contributed by atoms with Gasteiger partial charge in [-0.2, -0.15) is 0 Å². The lowest BCUT2D eigenvalue weighted by atomic mass is 10.2. The highest BCUT2D eigenvalue weighted by molar-refractivity contribution is 5.78. The Morgan fingerprint density at radius 3 is 2.00 bits per heavy atom. The lowest BCUT2D eigenvalue weighted by Gasteiger charge is -2.29. The van der Waals surface area contributed by atoms with Crippen LogP contribution < -0.4 is 0 Å². The molecule has 0 saturated heterocycles. The quantitative estimate of drug-likeness (QED) is 0.727. The van der Waals surface area contributed by atoms with Crippen molar-refractivity contribution in [2.45, 2.75) is 46.2 Å². The molecule has 0 heterocycles. The number of carboxylic acid groups (broad SMARTS) is 1. The Labute approximate surface area is 103 Å². The zero-order valence-corrected chi connectivity index (χ0v) is 11.4. The molecule has 0 saturated carbocycles. The van der Waals surface area contributed by atoms with E-state index in [-0.39, 0.29) is 31.0 Å². The maximum absolute atomic E-state index is 11.9. The van der Waals surface area contributed by atoms with E-state index >= 15 is 0 Å². The first-order chi connectivity index (χ1) is 7.75. The number of hydrogen-bond donors (Lipinski definition) is 1. The Hall–Kier alpha value is -1.10. The first kappa shape index (κ1) is 15.9. The van der Waals surface area contributed by atoms with Gasteiger partial charge in [-0.3, -0.25) is 14.5 Å². The second-order valence-corrected chi connectivity index (χ2v) is 4.81. The van der Waals surface area contributed by atoms with Crippen molar-refractivity contribution < 1.29 is 14.7 Å². The van der Waals surface area contributed by atoms with Crippen LogP contribution in [0.25, 0.3) is 0 Å². The number of aliphatic carboxylic acids is 1. The lowest BCUT2D eigenvalue weighted by Crippen LogP contribution is -2.44. The van der Waals surface area contributed by atoms with E-state index in [4.69, 9.17) is 5.11 Å². The van der Waals surface area contributed by atoms with Gasteiger partial charge in [-0.05, 0) is 27.7 Å². The maximum atomic E-state index is 11.9. The highest BCUT2D eigenvalue weighted by Crippen LogP contribution is 2.03. The number of nitrogens with zero attached hydrogens (tertiary/aromatic N) is 2. The van der Waals surface area contributed by atoms with E-state index in [0.29, 0.717) is 6.54 Å². The molecule has 1 amide bonds. The second kappa shape index (κ2) is 7.27. The minimum Gasteiger partial charge on any atom is -0.481 e. The van der Waals surface area contributed by atoms with E-state index in [2.05, 4.69) is 0 Å². The SMILES string of the molecule is CC(C)N(CCC(=O)O)CC(=O)N(C)C(C)C. The first-order valence-electron chi connectivity index (χ1n) is 5.97. The van der Waals surface area contributed by atoms with Gasteiger partial charge in [-0.15, -0.1) is 0 Å². The van der Waals surface area contributed by atoms with Gasteiger partial charge in [0.25, 0.3) is 0 Å². The molecule has 100 valence electrons. The van der Waals surface area contributed by atoms with E-state index in [9.17, 15) is 9.59 Å². The van der Waals surface area contributed by atoms with Gasteiger partial charge in [-0.1, -0.05) is 0 Å². The Morgan fingerprint density at radius 1 is 1.12 bits per heavy atom. The molecular weight excluding hydrogens is 220 g/mol. The third-order valence-electron chi connectivity index (χ3n) is 2.85. The minimum atomic E-state index is -0.833. The molecule has 0 fully saturated rings. The van der Waals surface area contributed by atoms with Crippen molar-refractivity contribution in [3.63, 3.8) is 0 Å². The van der Waals surface area contributed by atoms with Gasteiger partial charge < -0.3 is 10.0 Å². The Morgan fingerprint density at radius 2 is 1.65 bits per heavy atom. The molecule has 0 bridgehead atoms. The number of carboxylic acids is 1. The summed E-state index contributed by atoms with van der Waals surface area (Å²) in [4.78, 5) is 26.0. The fraction of sp³-hybridized carbons (Fsp3) is 0.833. The standard InChI is InChI=1S/C12H24N2O3/c1-9(2)13(5)11(15)8-14(10(3)4)7-6-12(16)17/h9-10H,6-8H2,1-5H3,(H,16,17). The second-order valence-electron chi connectivity index (χ2n) is 4.81. The Bertz CT molecular complexity index is 264. The summed E-state index contributed by atoms with van der Waals surface area (Å²) in [7, 11) is 1.77. The van der Waals surface area contributed by atoms with Crippen molar-refractivity contribution >= 4 is 11.9 Å². The highest BCUT2D eigenvalue weighted by Gasteiger charge is 2.18. The molecule has 0 atom stereocenters. The molecule has 0 aromatic heterocycles. The molecule has 0 aromatic rings. The number of likely N-dealkylation sites (N-methyl/N-ethyl adjacent to an activating group) is 1. The summed E-state index contributed by atoms with van der Waals surface area (Å²) in [5.41, 5.74) is 0. The Kier molecular flexibility index (Phi) is 6.80. The van der Waals surface area contributed by atoms with Crippen LogP contribution in [0.5, 0.6) is 0 Å². The summed E-state index contributed by atoms with van der Waals surface area (Å²) < 4.78 is 0. The first-order valence-corrected chi connectivity index (χ1v) is 5.97. The summed E-state index contributed by atoms with van der Waals surface area (Å²) in [6.07, 6.45) is 0.0663. The van der Waals surface area contributed by atoms with Crippen LogP contribution >= 0.6 is 0 Å². The topological polar surface area (TPSA) is 60.9 Å². The van der Waals surface area contributed by atoms with Gasteiger partial charge >= 0.3 is 5.97 Å². The molecule has 0 spiro atoms. The smallest absolute Gasteiger partial charge is 0.304 e. The van der Waals surface area contributed by atoms with Crippen molar-refractivity contribution in [3.05, 3.63) is 0 Å². The van der Waals surface area contributed by atoms with Gasteiger partial charge in [0.15, 0.2) is 0 Å². The van der Waals surface area contributed by atoms with E-state index in [1.807, 2.05) is 32.6 Å². The molecule has 1 N–H and O–H groups in total. The maximum Gasteiger partial charge on any atom is 0.304 e. The lowest BCUT2D eigenvalue weighted by molar-refractivity contribution is -0.139. The van der Waals surface area contributed by atoms with Crippen LogP contribution in [0, 0.1) is 0 Å². The van der Waals surface area contributed by atoms with Crippen molar-refractivity contribution in [2.75, 3.05) is 20.1 Å². The molecular formula is C12H24N2O3. The monoisotopic (exact) mass is 244 g/mol. The number of rotatable bonds is 7. The van der Waals surface area contributed by atoms with Gasteiger partial charge in [-0.25, -0.2) is 0 Å². The average Bonchev–Trinajstić information content (AvgIpc) is 2.21. The zero-order valence-electron chi connectivity index (χ0n) is 11.4. The molecule has 0 aliphatic heterocycles. The molecule has 0 aliphatic rings. The number of carbonyl (C=O) groups is 2. The molecule has 0 aliphatic carbocycles. The number of hydrogen-bond acceptors (Lipinski definition) is 3. The van der Waals surface area contributed by atoms with Crippen LogP contribution in [0.2, 0.25) is 0 Å². The fourth-order valence-electron chi connectivity index (χ4n) is 1.33. The third kappa shape index (κ3) is 6.26. The van der Waals surface area contributed by atoms with Gasteiger partial charge in [0.2, 0.25) is 5.91 Å². The van der Waals surface area contributed by atoms with Crippen LogP contribution in [0.4, 0.5) is 0 Å². The van der Waals surface area contributed by atoms with Crippen molar-refractivity contribution in [2.24, 2.45) is 0 Å². The summed E-state index contributed by atoms with van der Waals surface area (Å²) in [6.45, 7) is 8.52. The van der Waals surface area contributed by atoms with E-state index < -0.39 is 5.97 Å². The normalized spacial score (nSPS) is 11.3. The average molecular weight is 244 g/mol. The van der Waals surface area contributed by atoms with Gasteiger partial charge in [0.1, 0.15) is 0 Å². The van der Waals surface area contributed by atoms with Gasteiger partial charge in [0.05, 0.1) is 13.0 Å². The van der Waals surface area contributed by atoms with Crippen LogP contribution in [-0.4, -0.2) is 59.0 Å². The summed E-state index contributed by atoms with van der Waals surface area (Å²) in [5, 5.41) is 8.65. The van der Waals surface area contributed by atoms with Crippen molar-refractivity contribution in [3.8, 4) is 0 Å². The predicted molar refractivity (Wildman–Crippen MR) is 66.9 cm³/mol. The van der Waals surface area contributed by atoms with Gasteiger partial charge in [0, 0.05) is 25.7 Å². The van der Waals surface area contributed by atoms with Crippen LogP contribution in [-0.2, 0) is 9.59 Å². The van der Waals surface area contributed by atoms with Crippen LogP contribution in [0.3, 0.4) is 0 Å². The zero-order chi connectivity index (χ0) is 13.6. The van der Waals surface area contributed by atoms with E-state index in [0.717, 1.165) is 0 Å². The van der Waals surface area contributed by atoms with Crippen LogP contribution in [0.1, 0.15) is 34.1 Å². The number of amides is 1. The minimum absolute atomic E-state index is 0.0269. The molecule has 0 radical (unpaired) electrons. The largest absolute Gasteiger partial charge is 0.481 e. The highest BCUT2D eigenvalue weighted by atomic mass is 16.4. The molecule has 5 heteroatoms. The molecule has 0 unspecified atom stereocenters. The molecule has 17 heavy (non-hydrogen) atoms. The molecule has 0 rings (SSSR count). The molecule has 5 nitrogen and oxygen atoms in total. The summed E-state index contributed by atoms with van der Waals surface area (Å²) >= 11 is 0. The number of carbonyl (C=O) groups excluding carboxylic acids is 1. The van der Waals surface area contributed by atoms with Crippen molar-refractivity contribution in [1.29, 1.82) is 0 Å². The van der Waals surface area contributed by atoms with E-state index in [1.54, 1.807) is 11.9 Å². The fourth-order valence-corrected chi connectivity index (χ4v) is 1.33. The molecule has 0 aromatic carbocycles. The van der Waals surface area contributed by atoms with Crippen LogP contribution in [0.15, 0.2) is 0 Å². The van der Waals surface area contributed by atoms with E-state index in [1.165, 1.54) is 0 Å². The Balaban J connectivity index is 4.34. The summed E-state index contributed by atoms with van der Waals surface area (Å²) in [6, 6.07) is 0.329. The van der Waals surface area contributed by atoms with Crippen molar-refractivity contribution in [1.82, 2.24) is 9.80 Å². The predicted octanol–water partition coefficient (Wildman–Crippen LogP) is 1.04. The third-order valence-corrected chi connectivity index (χ3v) is 2.85. The summed E-state index contributed by atoms with van der Waals surface area (Å²) in [5.74, 6) is -0.806.